The highest BCUT2D eigenvalue weighted by molar-refractivity contribution is 7.99. The van der Waals surface area contributed by atoms with E-state index in [2.05, 4.69) is 24.0 Å². The Morgan fingerprint density at radius 2 is 1.57 bits per heavy atom. The molecule has 4 aromatic rings. The molecule has 190 valence electrons. The highest BCUT2D eigenvalue weighted by atomic mass is 35.5. The third-order valence-electron chi connectivity index (χ3n) is 6.62. The summed E-state index contributed by atoms with van der Waals surface area (Å²) in [5.41, 5.74) is 1.77. The van der Waals surface area contributed by atoms with Crippen LogP contribution < -0.4 is 4.74 Å². The molecule has 5 rings (SSSR count). The van der Waals surface area contributed by atoms with Crippen LogP contribution in [-0.4, -0.2) is 43.4 Å². The van der Waals surface area contributed by atoms with E-state index in [0.717, 1.165) is 35.6 Å². The lowest BCUT2D eigenvalue weighted by Gasteiger charge is -2.39. The van der Waals surface area contributed by atoms with Crippen LogP contribution in [0.25, 0.3) is 17.1 Å². The number of amides is 1. The Bertz CT molecular complexity index is 1330. The number of aromatic nitrogens is 3. The monoisotopic (exact) mass is 532 g/mol. The zero-order chi connectivity index (χ0) is 25.8. The number of hydrogen-bond donors (Lipinski definition) is 0. The number of rotatable bonds is 7. The third-order valence-corrected chi connectivity index (χ3v) is 7.78. The highest BCUT2D eigenvalue weighted by Crippen LogP contribution is 2.31. The number of nitrogens with zero attached hydrogens (tertiary/aromatic N) is 4. The number of carbonyl (C=O) groups excluding carboxylic acids is 1. The first-order valence-corrected chi connectivity index (χ1v) is 13.8. The van der Waals surface area contributed by atoms with Crippen LogP contribution >= 0.6 is 23.4 Å². The number of carbonyl (C=O) groups is 1. The molecule has 0 N–H and O–H groups in total. The van der Waals surface area contributed by atoms with Crippen molar-refractivity contribution in [2.45, 2.75) is 50.4 Å². The molecule has 37 heavy (non-hydrogen) atoms. The molecular weight excluding hydrogens is 504 g/mol. The first-order chi connectivity index (χ1) is 18.0. The van der Waals surface area contributed by atoms with Gasteiger partial charge >= 0.3 is 0 Å². The molecule has 6 nitrogen and oxygen atoms in total. The molecule has 0 aliphatic carbocycles. The Morgan fingerprint density at radius 1 is 0.919 bits per heavy atom. The van der Waals surface area contributed by atoms with Crippen molar-refractivity contribution in [2.75, 3.05) is 5.75 Å². The second-order valence-electron chi connectivity index (χ2n) is 9.28. The Hall–Kier alpha value is -3.29. The molecule has 1 aliphatic rings. The summed E-state index contributed by atoms with van der Waals surface area (Å²) in [7, 11) is 0. The molecule has 2 heterocycles. The van der Waals surface area contributed by atoms with Gasteiger partial charge in [0, 0.05) is 28.4 Å². The van der Waals surface area contributed by atoms with Crippen LogP contribution in [0.15, 0.2) is 84.0 Å². The molecule has 1 saturated heterocycles. The summed E-state index contributed by atoms with van der Waals surface area (Å²) in [5.74, 6) is 2.63. The second-order valence-corrected chi connectivity index (χ2v) is 10.7. The molecule has 0 unspecified atom stereocenters. The smallest absolute Gasteiger partial charge is 0.233 e. The Morgan fingerprint density at radius 3 is 2.24 bits per heavy atom. The van der Waals surface area contributed by atoms with Gasteiger partial charge in [-0.1, -0.05) is 41.6 Å². The minimum atomic E-state index is 0.138. The molecule has 8 heteroatoms. The van der Waals surface area contributed by atoms with E-state index >= 15 is 0 Å². The first-order valence-electron chi connectivity index (χ1n) is 12.5. The summed E-state index contributed by atoms with van der Waals surface area (Å²) >= 11 is 7.54. The predicted molar refractivity (Wildman–Crippen MR) is 149 cm³/mol. The van der Waals surface area contributed by atoms with E-state index in [1.54, 1.807) is 0 Å². The van der Waals surface area contributed by atoms with E-state index in [0.29, 0.717) is 21.8 Å². The molecule has 2 atom stereocenters. The second kappa shape index (κ2) is 11.4. The summed E-state index contributed by atoms with van der Waals surface area (Å²) in [6, 6.07) is 25.5. The van der Waals surface area contributed by atoms with Crippen molar-refractivity contribution in [1.82, 2.24) is 19.7 Å². The van der Waals surface area contributed by atoms with Gasteiger partial charge in [-0.2, -0.15) is 0 Å². The molecule has 1 fully saturated rings. The third kappa shape index (κ3) is 5.84. The van der Waals surface area contributed by atoms with Gasteiger partial charge in [0.25, 0.3) is 0 Å². The summed E-state index contributed by atoms with van der Waals surface area (Å²) in [5, 5.41) is 10.3. The summed E-state index contributed by atoms with van der Waals surface area (Å²) in [6.07, 6.45) is 3.27. The lowest BCUT2D eigenvalue weighted by atomic mass is 9.98. The largest absolute Gasteiger partial charge is 0.457 e. The number of halogens is 1. The van der Waals surface area contributed by atoms with Crippen LogP contribution in [0.3, 0.4) is 0 Å². The topological polar surface area (TPSA) is 60.2 Å². The summed E-state index contributed by atoms with van der Waals surface area (Å²) in [4.78, 5) is 15.2. The quantitative estimate of drug-likeness (QED) is 0.234. The fourth-order valence-corrected chi connectivity index (χ4v) is 5.73. The van der Waals surface area contributed by atoms with Gasteiger partial charge in [0.15, 0.2) is 11.0 Å². The van der Waals surface area contributed by atoms with Crippen LogP contribution in [0.5, 0.6) is 11.5 Å². The van der Waals surface area contributed by atoms with Crippen molar-refractivity contribution in [2.24, 2.45) is 0 Å². The molecular formula is C29H29ClN4O2S. The van der Waals surface area contributed by atoms with E-state index in [9.17, 15) is 4.79 Å². The minimum absolute atomic E-state index is 0.138. The predicted octanol–water partition coefficient (Wildman–Crippen LogP) is 7.26. The van der Waals surface area contributed by atoms with Crippen molar-refractivity contribution in [3.8, 4) is 28.6 Å². The maximum atomic E-state index is 13.2. The van der Waals surface area contributed by atoms with Crippen molar-refractivity contribution in [3.05, 3.63) is 83.9 Å². The summed E-state index contributed by atoms with van der Waals surface area (Å²) in [6.45, 7) is 4.27. The van der Waals surface area contributed by atoms with Gasteiger partial charge in [-0.3, -0.25) is 9.36 Å². The van der Waals surface area contributed by atoms with E-state index < -0.39 is 0 Å². The lowest BCUT2D eigenvalue weighted by molar-refractivity contribution is -0.134. The number of hydrogen-bond acceptors (Lipinski definition) is 5. The fraction of sp³-hybridized carbons (Fsp3) is 0.276. The number of thioether (sulfide) groups is 1. The van der Waals surface area contributed by atoms with E-state index in [1.807, 2.05) is 88.3 Å². The van der Waals surface area contributed by atoms with Gasteiger partial charge < -0.3 is 9.64 Å². The number of para-hydroxylation sites is 1. The van der Waals surface area contributed by atoms with Gasteiger partial charge in [0.1, 0.15) is 11.5 Å². The number of piperidine rings is 1. The van der Waals surface area contributed by atoms with Crippen LogP contribution in [0.2, 0.25) is 5.02 Å². The average molecular weight is 533 g/mol. The Kier molecular flexibility index (Phi) is 7.82. The Labute approximate surface area is 226 Å². The number of benzene rings is 3. The van der Waals surface area contributed by atoms with Crippen LogP contribution in [0, 0.1) is 0 Å². The van der Waals surface area contributed by atoms with Crippen molar-refractivity contribution >= 4 is 29.3 Å². The molecule has 0 spiro atoms. The van der Waals surface area contributed by atoms with Gasteiger partial charge in [0.05, 0.1) is 5.75 Å². The van der Waals surface area contributed by atoms with E-state index in [1.165, 1.54) is 18.2 Å². The Balaban J connectivity index is 1.42. The van der Waals surface area contributed by atoms with Gasteiger partial charge in [-0.25, -0.2) is 0 Å². The SMILES string of the molecule is C[C@H]1CCC[C@H](C)N1C(=O)CSc1nnc(-c2ccc(Cl)cc2)n1-c1ccc(Oc2ccccc2)cc1. The molecule has 1 amide bonds. The molecule has 1 aromatic heterocycles. The van der Waals surface area contributed by atoms with Crippen molar-refractivity contribution in [3.63, 3.8) is 0 Å². The molecule has 0 radical (unpaired) electrons. The molecule has 0 bridgehead atoms. The number of ether oxygens (including phenoxy) is 1. The zero-order valence-corrected chi connectivity index (χ0v) is 22.5. The first kappa shape index (κ1) is 25.4. The normalized spacial score (nSPS) is 17.5. The van der Waals surface area contributed by atoms with Crippen molar-refractivity contribution < 1.29 is 9.53 Å². The fourth-order valence-electron chi connectivity index (χ4n) is 4.78. The highest BCUT2D eigenvalue weighted by Gasteiger charge is 2.29. The lowest BCUT2D eigenvalue weighted by Crippen LogP contribution is -2.48. The van der Waals surface area contributed by atoms with E-state index in [-0.39, 0.29) is 18.0 Å². The van der Waals surface area contributed by atoms with Crippen LogP contribution in [0.4, 0.5) is 0 Å². The van der Waals surface area contributed by atoms with Gasteiger partial charge in [-0.15, -0.1) is 10.2 Å². The zero-order valence-electron chi connectivity index (χ0n) is 20.9. The molecule has 0 saturated carbocycles. The maximum Gasteiger partial charge on any atom is 0.233 e. The maximum absolute atomic E-state index is 13.2. The standard InChI is InChI=1S/C29H29ClN4O2S/c1-20-7-6-8-21(2)33(20)27(35)19-37-29-32-31-28(22-11-13-23(30)14-12-22)34(29)24-15-17-26(18-16-24)36-25-9-4-3-5-10-25/h3-5,9-18,20-21H,6-8,19H2,1-2H3/t20-,21-/m0/s1. The minimum Gasteiger partial charge on any atom is -0.457 e. The molecule has 1 aliphatic heterocycles. The average Bonchev–Trinajstić information content (AvgIpc) is 3.33. The number of likely N-dealkylation sites (tertiary alicyclic amines) is 1. The molecule has 3 aromatic carbocycles. The van der Waals surface area contributed by atoms with Gasteiger partial charge in [-0.05, 0) is 93.8 Å². The van der Waals surface area contributed by atoms with E-state index in [4.69, 9.17) is 16.3 Å². The van der Waals surface area contributed by atoms with Crippen LogP contribution in [-0.2, 0) is 4.79 Å². The van der Waals surface area contributed by atoms with Crippen molar-refractivity contribution in [1.29, 1.82) is 0 Å². The van der Waals surface area contributed by atoms with Crippen LogP contribution in [0.1, 0.15) is 33.1 Å². The summed E-state index contributed by atoms with van der Waals surface area (Å²) < 4.78 is 7.95. The van der Waals surface area contributed by atoms with Gasteiger partial charge in [0.2, 0.25) is 5.91 Å².